The van der Waals surface area contributed by atoms with Crippen LogP contribution in [0, 0.1) is 0 Å². The first kappa shape index (κ1) is 14.0. The van der Waals surface area contributed by atoms with Gasteiger partial charge in [-0.15, -0.1) is 11.3 Å². The van der Waals surface area contributed by atoms with E-state index in [2.05, 4.69) is 10.0 Å². The van der Waals surface area contributed by atoms with Gasteiger partial charge >= 0.3 is 0 Å². The Balaban J connectivity index is 2.07. The van der Waals surface area contributed by atoms with E-state index in [0.717, 1.165) is 37.2 Å². The minimum atomic E-state index is -3.35. The molecule has 1 saturated carbocycles. The lowest BCUT2D eigenvalue weighted by Gasteiger charge is -2.38. The van der Waals surface area contributed by atoms with Gasteiger partial charge in [0.15, 0.2) is 0 Å². The van der Waals surface area contributed by atoms with E-state index in [4.69, 9.17) is 0 Å². The molecule has 1 aromatic heterocycles. The summed E-state index contributed by atoms with van der Waals surface area (Å²) < 4.78 is 27.2. The molecule has 6 heteroatoms. The third-order valence-electron chi connectivity index (χ3n) is 3.33. The van der Waals surface area contributed by atoms with E-state index in [9.17, 15) is 8.42 Å². The zero-order valence-electron chi connectivity index (χ0n) is 10.8. The summed E-state index contributed by atoms with van der Waals surface area (Å²) in [5.74, 6) is 0. The highest BCUT2D eigenvalue weighted by Crippen LogP contribution is 2.33. The fraction of sp³-hybridized carbons (Fsp3) is 0.667. The van der Waals surface area contributed by atoms with Crippen molar-refractivity contribution >= 4 is 21.4 Å². The zero-order valence-corrected chi connectivity index (χ0v) is 12.5. The fourth-order valence-electron chi connectivity index (χ4n) is 2.03. The number of sulfonamides is 1. The van der Waals surface area contributed by atoms with Crippen molar-refractivity contribution < 1.29 is 8.42 Å². The number of nitrogens with one attached hydrogen (secondary N) is 2. The van der Waals surface area contributed by atoms with Crippen LogP contribution in [0.1, 0.15) is 38.0 Å². The van der Waals surface area contributed by atoms with E-state index in [-0.39, 0.29) is 5.54 Å². The maximum atomic E-state index is 12.2. The summed E-state index contributed by atoms with van der Waals surface area (Å²) in [6, 6.07) is 1.76. The Morgan fingerprint density at radius 2 is 2.17 bits per heavy atom. The van der Waals surface area contributed by atoms with Crippen LogP contribution in [0.15, 0.2) is 16.3 Å². The van der Waals surface area contributed by atoms with Gasteiger partial charge in [0.1, 0.15) is 0 Å². The standard InChI is InChI=1S/C12H20N2O2S2/c1-3-13-8-10-7-11(9-17-10)18(15,16)14-12(2)5-4-6-12/h7,9,13-14H,3-6,8H2,1-2H3. The molecule has 2 N–H and O–H groups in total. The average molecular weight is 288 g/mol. The van der Waals surface area contributed by atoms with Crippen LogP contribution >= 0.6 is 11.3 Å². The first-order chi connectivity index (χ1) is 8.45. The van der Waals surface area contributed by atoms with Crippen LogP contribution < -0.4 is 10.0 Å². The van der Waals surface area contributed by atoms with Crippen LogP contribution in [0.25, 0.3) is 0 Å². The quantitative estimate of drug-likeness (QED) is 0.842. The number of hydrogen-bond donors (Lipinski definition) is 2. The Morgan fingerprint density at radius 1 is 1.44 bits per heavy atom. The monoisotopic (exact) mass is 288 g/mol. The lowest BCUT2D eigenvalue weighted by Crippen LogP contribution is -2.50. The van der Waals surface area contributed by atoms with Crippen molar-refractivity contribution in [3.63, 3.8) is 0 Å². The second-order valence-electron chi connectivity index (χ2n) is 5.05. The molecular formula is C12H20N2O2S2. The highest BCUT2D eigenvalue weighted by Gasteiger charge is 2.36. The van der Waals surface area contributed by atoms with Crippen LogP contribution in [0.2, 0.25) is 0 Å². The average Bonchev–Trinajstić information content (AvgIpc) is 2.73. The maximum absolute atomic E-state index is 12.2. The highest BCUT2D eigenvalue weighted by molar-refractivity contribution is 7.89. The lowest BCUT2D eigenvalue weighted by molar-refractivity contribution is 0.248. The van der Waals surface area contributed by atoms with Gasteiger partial charge in [0, 0.05) is 22.3 Å². The van der Waals surface area contributed by atoms with Crippen LogP contribution in [0.4, 0.5) is 0 Å². The van der Waals surface area contributed by atoms with Gasteiger partial charge in [-0.2, -0.15) is 0 Å². The van der Waals surface area contributed by atoms with E-state index >= 15 is 0 Å². The smallest absolute Gasteiger partial charge is 0.241 e. The van der Waals surface area contributed by atoms with E-state index in [1.807, 2.05) is 13.8 Å². The molecule has 0 aromatic carbocycles. The van der Waals surface area contributed by atoms with Crippen LogP contribution in [-0.4, -0.2) is 20.5 Å². The van der Waals surface area contributed by atoms with Crippen molar-refractivity contribution in [2.45, 2.75) is 50.1 Å². The molecule has 0 spiro atoms. The molecule has 1 heterocycles. The van der Waals surface area contributed by atoms with Gasteiger partial charge in [0.05, 0.1) is 4.90 Å². The Labute approximate surface area is 113 Å². The predicted molar refractivity (Wildman–Crippen MR) is 74.3 cm³/mol. The summed E-state index contributed by atoms with van der Waals surface area (Å²) in [5, 5.41) is 4.91. The summed E-state index contributed by atoms with van der Waals surface area (Å²) in [4.78, 5) is 1.45. The van der Waals surface area contributed by atoms with Crippen LogP contribution in [-0.2, 0) is 16.6 Å². The lowest BCUT2D eigenvalue weighted by atomic mass is 9.80. The Bertz CT molecular complexity index is 504. The van der Waals surface area contributed by atoms with Crippen molar-refractivity contribution in [1.82, 2.24) is 10.0 Å². The van der Waals surface area contributed by atoms with Gasteiger partial charge in [-0.1, -0.05) is 6.92 Å². The number of rotatable bonds is 6. The SMILES string of the molecule is CCNCc1cc(S(=O)(=O)NC2(C)CCC2)cs1. The first-order valence-electron chi connectivity index (χ1n) is 6.27. The minimum absolute atomic E-state index is 0.234. The minimum Gasteiger partial charge on any atom is -0.312 e. The summed E-state index contributed by atoms with van der Waals surface area (Å²) in [5.41, 5.74) is -0.234. The zero-order chi connectivity index (χ0) is 13.2. The van der Waals surface area contributed by atoms with Gasteiger partial charge in [-0.25, -0.2) is 13.1 Å². The molecule has 1 aliphatic carbocycles. The van der Waals surface area contributed by atoms with Gasteiger partial charge in [-0.05, 0) is 38.8 Å². The Kier molecular flexibility index (Phi) is 4.11. The summed E-state index contributed by atoms with van der Waals surface area (Å²) >= 11 is 1.49. The Hall–Kier alpha value is -0.430. The molecule has 0 radical (unpaired) electrons. The largest absolute Gasteiger partial charge is 0.312 e. The van der Waals surface area contributed by atoms with Gasteiger partial charge in [0.25, 0.3) is 0 Å². The van der Waals surface area contributed by atoms with Crippen LogP contribution in [0.5, 0.6) is 0 Å². The summed E-state index contributed by atoms with van der Waals surface area (Å²) in [7, 11) is -3.35. The van der Waals surface area contributed by atoms with E-state index in [1.165, 1.54) is 11.3 Å². The van der Waals surface area contributed by atoms with E-state index in [1.54, 1.807) is 11.4 Å². The van der Waals surface area contributed by atoms with Crippen molar-refractivity contribution in [2.24, 2.45) is 0 Å². The molecule has 0 aliphatic heterocycles. The summed E-state index contributed by atoms with van der Waals surface area (Å²) in [6.07, 6.45) is 2.97. The molecule has 2 rings (SSSR count). The molecular weight excluding hydrogens is 268 g/mol. The molecule has 0 amide bonds. The molecule has 0 atom stereocenters. The summed E-state index contributed by atoms with van der Waals surface area (Å²) in [6.45, 7) is 5.62. The first-order valence-corrected chi connectivity index (χ1v) is 8.64. The van der Waals surface area contributed by atoms with Crippen molar-refractivity contribution in [1.29, 1.82) is 0 Å². The molecule has 0 bridgehead atoms. The molecule has 1 aromatic rings. The fourth-order valence-corrected chi connectivity index (χ4v) is 4.74. The van der Waals surface area contributed by atoms with Gasteiger partial charge in [-0.3, -0.25) is 0 Å². The maximum Gasteiger partial charge on any atom is 0.241 e. The topological polar surface area (TPSA) is 58.2 Å². The molecule has 0 saturated heterocycles. The molecule has 0 unspecified atom stereocenters. The van der Waals surface area contributed by atoms with E-state index < -0.39 is 10.0 Å². The Morgan fingerprint density at radius 3 is 2.72 bits per heavy atom. The van der Waals surface area contributed by atoms with Gasteiger partial charge in [0.2, 0.25) is 10.0 Å². The second kappa shape index (κ2) is 5.28. The third kappa shape index (κ3) is 3.12. The van der Waals surface area contributed by atoms with Crippen molar-refractivity contribution in [2.75, 3.05) is 6.54 Å². The molecule has 102 valence electrons. The number of thiophene rings is 1. The van der Waals surface area contributed by atoms with E-state index in [0.29, 0.717) is 4.90 Å². The van der Waals surface area contributed by atoms with Gasteiger partial charge < -0.3 is 5.32 Å². The van der Waals surface area contributed by atoms with Crippen molar-refractivity contribution in [3.05, 3.63) is 16.3 Å². The van der Waals surface area contributed by atoms with Crippen LogP contribution in [0.3, 0.4) is 0 Å². The normalized spacial score (nSPS) is 18.6. The molecule has 1 fully saturated rings. The highest BCUT2D eigenvalue weighted by atomic mass is 32.2. The second-order valence-corrected chi connectivity index (χ2v) is 7.73. The predicted octanol–water partition coefficient (Wildman–Crippen LogP) is 2.08. The molecule has 1 aliphatic rings. The number of hydrogen-bond acceptors (Lipinski definition) is 4. The van der Waals surface area contributed by atoms with Crippen molar-refractivity contribution in [3.8, 4) is 0 Å². The molecule has 18 heavy (non-hydrogen) atoms. The third-order valence-corrected chi connectivity index (χ3v) is 6.03. The molecule has 4 nitrogen and oxygen atoms in total.